The average molecular weight is 294 g/mol. The van der Waals surface area contributed by atoms with Crippen LogP contribution >= 0.6 is 0 Å². The Morgan fingerprint density at radius 1 is 0.773 bits per heavy atom. The Morgan fingerprint density at radius 2 is 1.32 bits per heavy atom. The molecule has 0 aromatic heterocycles. The summed E-state index contributed by atoms with van der Waals surface area (Å²) in [6.07, 6.45) is 9.07. The van der Waals surface area contributed by atoms with Crippen molar-refractivity contribution in [2.75, 3.05) is 0 Å². The molecule has 0 radical (unpaired) electrons. The first-order valence-electron chi connectivity index (χ1n) is 8.61. The Bertz CT molecular complexity index is 562. The minimum atomic E-state index is 0.437. The largest absolute Gasteiger partial charge is 0.490 e. The molecule has 1 aliphatic rings. The minimum absolute atomic E-state index is 0.437. The van der Waals surface area contributed by atoms with Gasteiger partial charge < -0.3 is 4.74 Å². The van der Waals surface area contributed by atoms with Crippen molar-refractivity contribution in [3.8, 4) is 5.75 Å². The topological polar surface area (TPSA) is 9.23 Å². The summed E-state index contributed by atoms with van der Waals surface area (Å²) in [7, 11) is 0. The van der Waals surface area contributed by atoms with Crippen LogP contribution in [0, 0.1) is 6.92 Å². The monoisotopic (exact) mass is 294 g/mol. The van der Waals surface area contributed by atoms with Gasteiger partial charge in [-0.2, -0.15) is 0 Å². The van der Waals surface area contributed by atoms with Gasteiger partial charge in [-0.15, -0.1) is 0 Å². The molecule has 2 aromatic carbocycles. The highest BCUT2D eigenvalue weighted by Gasteiger charge is 2.14. The van der Waals surface area contributed by atoms with Crippen LogP contribution in [-0.4, -0.2) is 6.10 Å². The van der Waals surface area contributed by atoms with Crippen molar-refractivity contribution in [2.45, 2.75) is 58.0 Å². The van der Waals surface area contributed by atoms with Gasteiger partial charge in [-0.05, 0) is 68.7 Å². The molecule has 1 heteroatoms. The Morgan fingerprint density at radius 3 is 1.91 bits per heavy atom. The van der Waals surface area contributed by atoms with Gasteiger partial charge in [0.05, 0.1) is 6.10 Å². The third-order valence-electron chi connectivity index (χ3n) is 4.60. The maximum Gasteiger partial charge on any atom is 0.119 e. The van der Waals surface area contributed by atoms with E-state index in [1.165, 1.54) is 48.8 Å². The van der Waals surface area contributed by atoms with E-state index in [0.717, 1.165) is 18.6 Å². The van der Waals surface area contributed by atoms with Crippen LogP contribution in [-0.2, 0) is 12.8 Å². The smallest absolute Gasteiger partial charge is 0.119 e. The molecule has 0 unspecified atom stereocenters. The van der Waals surface area contributed by atoms with Gasteiger partial charge in [0, 0.05) is 0 Å². The summed E-state index contributed by atoms with van der Waals surface area (Å²) in [5.41, 5.74) is 4.12. The molecule has 1 nitrogen and oxygen atoms in total. The predicted molar refractivity (Wildman–Crippen MR) is 92.5 cm³/mol. The molecule has 0 atom stereocenters. The van der Waals surface area contributed by atoms with Gasteiger partial charge in [0.15, 0.2) is 0 Å². The fraction of sp³-hybridized carbons (Fsp3) is 0.429. The van der Waals surface area contributed by atoms with E-state index >= 15 is 0 Å². The van der Waals surface area contributed by atoms with Crippen molar-refractivity contribution in [3.63, 3.8) is 0 Å². The minimum Gasteiger partial charge on any atom is -0.490 e. The fourth-order valence-corrected chi connectivity index (χ4v) is 3.15. The van der Waals surface area contributed by atoms with Gasteiger partial charge in [0.25, 0.3) is 0 Å². The van der Waals surface area contributed by atoms with Crippen LogP contribution < -0.4 is 4.74 Å². The quantitative estimate of drug-likeness (QED) is 0.708. The number of benzene rings is 2. The average Bonchev–Trinajstić information content (AvgIpc) is 2.57. The molecule has 1 aliphatic carbocycles. The Balaban J connectivity index is 1.51. The second kappa shape index (κ2) is 7.49. The van der Waals surface area contributed by atoms with Gasteiger partial charge in [-0.1, -0.05) is 48.4 Å². The summed E-state index contributed by atoms with van der Waals surface area (Å²) in [6.45, 7) is 2.13. The molecular formula is C21H26O. The lowest BCUT2D eigenvalue weighted by atomic mass is 9.98. The van der Waals surface area contributed by atoms with Crippen molar-refractivity contribution in [1.29, 1.82) is 0 Å². The van der Waals surface area contributed by atoms with Gasteiger partial charge in [-0.25, -0.2) is 0 Å². The van der Waals surface area contributed by atoms with Crippen molar-refractivity contribution in [3.05, 3.63) is 65.2 Å². The number of rotatable bonds is 5. The zero-order valence-corrected chi connectivity index (χ0v) is 13.6. The molecule has 116 valence electrons. The van der Waals surface area contributed by atoms with E-state index in [-0.39, 0.29) is 0 Å². The maximum absolute atomic E-state index is 6.09. The first-order chi connectivity index (χ1) is 10.8. The Kier molecular flexibility index (Phi) is 5.15. The van der Waals surface area contributed by atoms with Gasteiger partial charge in [-0.3, -0.25) is 0 Å². The number of hydrogen-bond acceptors (Lipinski definition) is 1. The number of ether oxygens (including phenoxy) is 1. The van der Waals surface area contributed by atoms with Crippen LogP contribution in [0.5, 0.6) is 5.75 Å². The van der Waals surface area contributed by atoms with Crippen LogP contribution in [0.2, 0.25) is 0 Å². The molecule has 2 aromatic rings. The molecule has 0 N–H and O–H groups in total. The van der Waals surface area contributed by atoms with E-state index in [9.17, 15) is 0 Å². The second-order valence-corrected chi connectivity index (χ2v) is 6.51. The van der Waals surface area contributed by atoms with Crippen LogP contribution in [0.4, 0.5) is 0 Å². The molecule has 3 rings (SSSR count). The van der Waals surface area contributed by atoms with Crippen LogP contribution in [0.1, 0.15) is 48.8 Å². The van der Waals surface area contributed by atoms with Crippen LogP contribution in [0.15, 0.2) is 48.5 Å². The van der Waals surface area contributed by atoms with Gasteiger partial charge in [0.1, 0.15) is 5.75 Å². The summed E-state index contributed by atoms with van der Waals surface area (Å²) in [4.78, 5) is 0. The maximum atomic E-state index is 6.09. The Hall–Kier alpha value is -1.76. The molecule has 0 heterocycles. The number of aryl methyl sites for hydroxylation is 3. The second-order valence-electron chi connectivity index (χ2n) is 6.51. The fourth-order valence-electron chi connectivity index (χ4n) is 3.15. The molecule has 0 bridgehead atoms. The molecule has 1 fully saturated rings. The summed E-state index contributed by atoms with van der Waals surface area (Å²) in [6, 6.07) is 17.6. The van der Waals surface area contributed by atoms with Crippen molar-refractivity contribution in [1.82, 2.24) is 0 Å². The third kappa shape index (κ3) is 4.37. The van der Waals surface area contributed by atoms with Gasteiger partial charge in [0.2, 0.25) is 0 Å². The summed E-state index contributed by atoms with van der Waals surface area (Å²) in [5, 5.41) is 0. The van der Waals surface area contributed by atoms with E-state index in [2.05, 4.69) is 55.5 Å². The lowest BCUT2D eigenvalue weighted by Crippen LogP contribution is -2.19. The normalized spacial score (nSPS) is 15.7. The molecule has 22 heavy (non-hydrogen) atoms. The van der Waals surface area contributed by atoms with Crippen molar-refractivity contribution >= 4 is 0 Å². The lowest BCUT2D eigenvalue weighted by molar-refractivity contribution is 0.155. The highest BCUT2D eigenvalue weighted by Crippen LogP contribution is 2.23. The Labute approximate surface area is 134 Å². The van der Waals surface area contributed by atoms with E-state index in [0.29, 0.717) is 6.10 Å². The highest BCUT2D eigenvalue weighted by atomic mass is 16.5. The standard InChI is InChI=1S/C21H26O/c1-17-7-9-18(10-8-17)11-12-19-13-15-21(16-14-19)22-20-5-3-2-4-6-20/h7-10,13-16,20H,2-6,11-12H2,1H3. The SMILES string of the molecule is Cc1ccc(CCc2ccc(OC3CCCCC3)cc2)cc1. The molecule has 1 saturated carbocycles. The number of hydrogen-bond donors (Lipinski definition) is 0. The molecule has 0 amide bonds. The van der Waals surface area contributed by atoms with Crippen LogP contribution in [0.25, 0.3) is 0 Å². The van der Waals surface area contributed by atoms with Gasteiger partial charge >= 0.3 is 0 Å². The van der Waals surface area contributed by atoms with E-state index in [4.69, 9.17) is 4.74 Å². The molecular weight excluding hydrogens is 268 g/mol. The zero-order valence-electron chi connectivity index (χ0n) is 13.6. The molecule has 0 spiro atoms. The first-order valence-corrected chi connectivity index (χ1v) is 8.61. The predicted octanol–water partition coefficient (Wildman–Crippen LogP) is 5.49. The van der Waals surface area contributed by atoms with Crippen LogP contribution in [0.3, 0.4) is 0 Å². The highest BCUT2D eigenvalue weighted by molar-refractivity contribution is 5.29. The van der Waals surface area contributed by atoms with Crippen molar-refractivity contribution in [2.24, 2.45) is 0 Å². The third-order valence-corrected chi connectivity index (χ3v) is 4.60. The van der Waals surface area contributed by atoms with E-state index in [1.807, 2.05) is 0 Å². The summed E-state index contributed by atoms with van der Waals surface area (Å²) < 4.78 is 6.09. The first kappa shape index (κ1) is 15.1. The summed E-state index contributed by atoms with van der Waals surface area (Å²) in [5.74, 6) is 1.03. The zero-order chi connectivity index (χ0) is 15.2. The van der Waals surface area contributed by atoms with Crippen molar-refractivity contribution < 1.29 is 4.74 Å². The lowest BCUT2D eigenvalue weighted by Gasteiger charge is -2.23. The van der Waals surface area contributed by atoms with E-state index < -0.39 is 0 Å². The summed E-state index contributed by atoms with van der Waals surface area (Å²) >= 11 is 0. The molecule has 0 aliphatic heterocycles. The van der Waals surface area contributed by atoms with E-state index in [1.54, 1.807) is 0 Å². The molecule has 0 saturated heterocycles.